The van der Waals surface area contributed by atoms with Crippen LogP contribution in [0.1, 0.15) is 12.0 Å². The first-order valence-electron chi connectivity index (χ1n) is 6.58. The van der Waals surface area contributed by atoms with Crippen LogP contribution < -0.4 is 0 Å². The zero-order valence-corrected chi connectivity index (χ0v) is 16.8. The summed E-state index contributed by atoms with van der Waals surface area (Å²) in [4.78, 5) is 0. The molecular formula is C14H16Br2Cl2O2S. The van der Waals surface area contributed by atoms with Gasteiger partial charge in [-0.25, -0.2) is 8.42 Å². The Hall–Kier alpha value is 0.710. The SMILES string of the molecule is O=S1(=O)CCC(C(CBr)(CBr)Cc2ccc(Cl)c(Cl)c2)C1. The molecule has 0 spiro atoms. The van der Waals surface area contributed by atoms with Gasteiger partial charge in [0.1, 0.15) is 0 Å². The molecule has 0 bridgehead atoms. The Kier molecular flexibility index (Phi) is 6.09. The van der Waals surface area contributed by atoms with E-state index in [1.807, 2.05) is 12.1 Å². The molecule has 1 atom stereocenters. The molecule has 1 aliphatic rings. The van der Waals surface area contributed by atoms with E-state index in [1.165, 1.54) is 0 Å². The van der Waals surface area contributed by atoms with E-state index in [4.69, 9.17) is 23.2 Å². The minimum absolute atomic E-state index is 0.138. The second-order valence-corrected chi connectivity index (χ2v) is 9.82. The fraction of sp³-hybridized carbons (Fsp3) is 0.571. The van der Waals surface area contributed by atoms with Crippen molar-refractivity contribution < 1.29 is 8.42 Å². The summed E-state index contributed by atoms with van der Waals surface area (Å²) in [5.74, 6) is 0.711. The van der Waals surface area contributed by atoms with Crippen LogP contribution in [0.2, 0.25) is 10.0 Å². The fourth-order valence-electron chi connectivity index (χ4n) is 2.83. The molecule has 1 aliphatic heterocycles. The summed E-state index contributed by atoms with van der Waals surface area (Å²) in [5.41, 5.74) is 0.938. The van der Waals surface area contributed by atoms with Crippen LogP contribution in [-0.4, -0.2) is 30.6 Å². The summed E-state index contributed by atoms with van der Waals surface area (Å²) in [6.07, 6.45) is 1.49. The summed E-state index contributed by atoms with van der Waals surface area (Å²) >= 11 is 19.2. The maximum atomic E-state index is 11.8. The number of rotatable bonds is 5. The highest BCUT2D eigenvalue weighted by Gasteiger charge is 2.43. The van der Waals surface area contributed by atoms with Crippen molar-refractivity contribution in [3.8, 4) is 0 Å². The first-order chi connectivity index (χ1) is 9.82. The normalized spacial score (nSPS) is 21.6. The molecule has 0 N–H and O–H groups in total. The number of sulfone groups is 1. The lowest BCUT2D eigenvalue weighted by molar-refractivity contribution is 0.253. The minimum atomic E-state index is -2.89. The van der Waals surface area contributed by atoms with Crippen molar-refractivity contribution in [2.24, 2.45) is 11.3 Å². The van der Waals surface area contributed by atoms with Gasteiger partial charge in [0, 0.05) is 10.7 Å². The molecule has 1 heterocycles. The van der Waals surface area contributed by atoms with Gasteiger partial charge in [-0.2, -0.15) is 0 Å². The van der Waals surface area contributed by atoms with Crippen LogP contribution in [0.4, 0.5) is 0 Å². The van der Waals surface area contributed by atoms with Crippen molar-refractivity contribution in [3.05, 3.63) is 33.8 Å². The Morgan fingerprint density at radius 3 is 2.33 bits per heavy atom. The van der Waals surface area contributed by atoms with Crippen molar-refractivity contribution in [1.29, 1.82) is 0 Å². The zero-order chi connectivity index (χ0) is 15.7. The van der Waals surface area contributed by atoms with Crippen molar-refractivity contribution in [2.75, 3.05) is 22.2 Å². The lowest BCUT2D eigenvalue weighted by Crippen LogP contribution is -2.37. The Labute approximate surface area is 152 Å². The van der Waals surface area contributed by atoms with E-state index >= 15 is 0 Å². The molecule has 0 aliphatic carbocycles. The Balaban J connectivity index is 2.27. The van der Waals surface area contributed by atoms with Gasteiger partial charge in [0.2, 0.25) is 0 Å². The van der Waals surface area contributed by atoms with Crippen LogP contribution in [0.3, 0.4) is 0 Å². The monoisotopic (exact) mass is 476 g/mol. The predicted molar refractivity (Wildman–Crippen MR) is 96.9 cm³/mol. The van der Waals surface area contributed by atoms with Crippen LogP contribution in [0.15, 0.2) is 18.2 Å². The second kappa shape index (κ2) is 7.08. The van der Waals surface area contributed by atoms with Crippen molar-refractivity contribution in [1.82, 2.24) is 0 Å². The Morgan fingerprint density at radius 1 is 1.19 bits per heavy atom. The molecule has 0 aromatic heterocycles. The van der Waals surface area contributed by atoms with Gasteiger partial charge in [-0.1, -0.05) is 61.1 Å². The van der Waals surface area contributed by atoms with E-state index < -0.39 is 9.84 Å². The summed E-state index contributed by atoms with van der Waals surface area (Å²) in [7, 11) is -2.89. The number of halogens is 4. The van der Waals surface area contributed by atoms with Crippen LogP contribution >= 0.6 is 55.1 Å². The van der Waals surface area contributed by atoms with Crippen molar-refractivity contribution in [2.45, 2.75) is 12.8 Å². The minimum Gasteiger partial charge on any atom is -0.229 e. The van der Waals surface area contributed by atoms with Gasteiger partial charge in [0.15, 0.2) is 9.84 Å². The average Bonchev–Trinajstić information content (AvgIpc) is 2.81. The molecule has 2 nitrogen and oxygen atoms in total. The number of hydrogen-bond acceptors (Lipinski definition) is 2. The van der Waals surface area contributed by atoms with Crippen molar-refractivity contribution in [3.63, 3.8) is 0 Å². The third kappa shape index (κ3) is 4.17. The number of benzene rings is 1. The predicted octanol–water partition coefficient (Wildman–Crippen LogP) is 4.75. The fourth-order valence-corrected chi connectivity index (χ4v) is 7.33. The first kappa shape index (κ1) is 18.1. The maximum Gasteiger partial charge on any atom is 0.150 e. The van der Waals surface area contributed by atoms with E-state index in [9.17, 15) is 8.42 Å². The number of hydrogen-bond donors (Lipinski definition) is 0. The molecule has 1 saturated heterocycles. The zero-order valence-electron chi connectivity index (χ0n) is 11.3. The van der Waals surface area contributed by atoms with Gasteiger partial charge in [-0.15, -0.1) is 0 Å². The van der Waals surface area contributed by atoms with Gasteiger partial charge in [-0.3, -0.25) is 0 Å². The second-order valence-electron chi connectivity index (χ2n) is 5.65. The highest BCUT2D eigenvalue weighted by Crippen LogP contribution is 2.42. The van der Waals surface area contributed by atoms with Gasteiger partial charge < -0.3 is 0 Å². The van der Waals surface area contributed by atoms with Crippen LogP contribution in [0.25, 0.3) is 0 Å². The summed E-state index contributed by atoms with van der Waals surface area (Å²) in [6, 6.07) is 5.61. The first-order valence-corrected chi connectivity index (χ1v) is 11.4. The molecule has 21 heavy (non-hydrogen) atoms. The Bertz CT molecular complexity index is 615. The maximum absolute atomic E-state index is 11.8. The van der Waals surface area contributed by atoms with E-state index in [0.29, 0.717) is 15.8 Å². The summed E-state index contributed by atoms with van der Waals surface area (Å²) in [6.45, 7) is 0. The molecule has 118 valence electrons. The quantitative estimate of drug-likeness (QED) is 0.572. The smallest absolute Gasteiger partial charge is 0.150 e. The third-order valence-corrected chi connectivity index (χ3v) is 8.91. The molecule has 1 aromatic rings. The average molecular weight is 479 g/mol. The highest BCUT2D eigenvalue weighted by atomic mass is 79.9. The molecule has 0 saturated carbocycles. The topological polar surface area (TPSA) is 34.1 Å². The molecule has 7 heteroatoms. The van der Waals surface area contributed by atoms with Gasteiger partial charge >= 0.3 is 0 Å². The molecule has 0 radical (unpaired) electrons. The third-order valence-electron chi connectivity index (χ3n) is 4.17. The van der Waals surface area contributed by atoms with Gasteiger partial charge in [-0.05, 0) is 41.9 Å². The Morgan fingerprint density at radius 2 is 1.86 bits per heavy atom. The number of alkyl halides is 2. The van der Waals surface area contributed by atoms with Crippen molar-refractivity contribution >= 4 is 64.9 Å². The van der Waals surface area contributed by atoms with E-state index in [1.54, 1.807) is 6.07 Å². The van der Waals surface area contributed by atoms with Crippen LogP contribution in [0.5, 0.6) is 0 Å². The molecule has 0 amide bonds. The van der Waals surface area contributed by atoms with E-state index in [0.717, 1.165) is 29.1 Å². The lowest BCUT2D eigenvalue weighted by atomic mass is 9.74. The van der Waals surface area contributed by atoms with E-state index in [2.05, 4.69) is 31.9 Å². The summed E-state index contributed by atoms with van der Waals surface area (Å²) < 4.78 is 23.6. The molecule has 1 fully saturated rings. The van der Waals surface area contributed by atoms with Gasteiger partial charge in [0.25, 0.3) is 0 Å². The highest BCUT2D eigenvalue weighted by molar-refractivity contribution is 9.09. The molecule has 1 aromatic carbocycles. The lowest BCUT2D eigenvalue weighted by Gasteiger charge is -2.36. The summed E-state index contributed by atoms with van der Waals surface area (Å²) in [5, 5.41) is 2.55. The van der Waals surface area contributed by atoms with E-state index in [-0.39, 0.29) is 17.1 Å². The molecule has 1 unspecified atom stereocenters. The largest absolute Gasteiger partial charge is 0.229 e. The van der Waals surface area contributed by atoms with Crippen LogP contribution in [0, 0.1) is 11.3 Å². The molecular weight excluding hydrogens is 463 g/mol. The van der Waals surface area contributed by atoms with Crippen LogP contribution in [-0.2, 0) is 16.3 Å². The van der Waals surface area contributed by atoms with Gasteiger partial charge in [0.05, 0.1) is 21.6 Å². The standard InChI is InChI=1S/C14H16Br2Cl2O2S/c15-8-14(9-16,11-3-4-21(19,20)7-11)6-10-1-2-12(17)13(18)5-10/h1-2,5,11H,3-4,6-9H2. The molecule has 2 rings (SSSR count).